The van der Waals surface area contributed by atoms with Crippen molar-refractivity contribution in [2.45, 2.75) is 32.9 Å². The maximum absolute atomic E-state index is 12.2. The largest absolute Gasteiger partial charge is 0.394 e. The van der Waals surface area contributed by atoms with E-state index in [0.717, 1.165) is 0 Å². The number of amides is 1. The molecular formula is C16H21N3O3. The maximum atomic E-state index is 12.2. The highest BCUT2D eigenvalue weighted by Crippen LogP contribution is 2.08. The zero-order valence-electron chi connectivity index (χ0n) is 12.8. The molecule has 1 aromatic heterocycles. The number of fused-ring (bicyclic) bond motifs is 1. The number of hydrogen-bond acceptors (Lipinski definition) is 4. The van der Waals surface area contributed by atoms with Crippen LogP contribution in [0.1, 0.15) is 20.3 Å². The van der Waals surface area contributed by atoms with Gasteiger partial charge in [-0.15, -0.1) is 0 Å². The van der Waals surface area contributed by atoms with Crippen molar-refractivity contribution >= 4 is 16.9 Å². The van der Waals surface area contributed by atoms with Crippen molar-refractivity contribution in [2.75, 3.05) is 6.61 Å². The number of para-hydroxylation sites is 2. The van der Waals surface area contributed by atoms with Gasteiger partial charge in [-0.3, -0.25) is 14.2 Å². The minimum absolute atomic E-state index is 0.0868. The third-order valence-electron chi connectivity index (χ3n) is 3.40. The molecule has 1 unspecified atom stereocenters. The molecule has 22 heavy (non-hydrogen) atoms. The van der Waals surface area contributed by atoms with Gasteiger partial charge >= 0.3 is 0 Å². The molecule has 2 aromatic rings. The Morgan fingerprint density at radius 3 is 2.77 bits per heavy atom. The summed E-state index contributed by atoms with van der Waals surface area (Å²) in [5, 5.41) is 12.1. The quantitative estimate of drug-likeness (QED) is 0.831. The van der Waals surface area contributed by atoms with E-state index >= 15 is 0 Å². The van der Waals surface area contributed by atoms with E-state index in [-0.39, 0.29) is 30.7 Å². The summed E-state index contributed by atoms with van der Waals surface area (Å²) in [6.07, 6.45) is 1.90. The number of nitrogens with one attached hydrogen (secondary N) is 1. The first-order valence-corrected chi connectivity index (χ1v) is 7.36. The average Bonchev–Trinajstić information content (AvgIpc) is 2.49. The Labute approximate surface area is 128 Å². The van der Waals surface area contributed by atoms with Gasteiger partial charge in [-0.25, -0.2) is 4.98 Å². The maximum Gasteiger partial charge on any atom is 0.269 e. The molecule has 2 N–H and O–H groups in total. The van der Waals surface area contributed by atoms with Gasteiger partial charge in [0.25, 0.3) is 5.56 Å². The predicted molar refractivity (Wildman–Crippen MR) is 84.5 cm³/mol. The second kappa shape index (κ2) is 7.17. The molecule has 6 nitrogen and oxygen atoms in total. The summed E-state index contributed by atoms with van der Waals surface area (Å²) < 4.78 is 1.39. The fraction of sp³-hybridized carbons (Fsp3) is 0.438. The fourth-order valence-electron chi connectivity index (χ4n) is 2.44. The molecule has 0 aliphatic rings. The number of hydrogen-bond donors (Lipinski definition) is 2. The lowest BCUT2D eigenvalue weighted by Crippen LogP contribution is -2.41. The predicted octanol–water partition coefficient (Wildman–Crippen LogP) is 0.920. The molecule has 1 amide bonds. The lowest BCUT2D eigenvalue weighted by Gasteiger charge is -2.19. The van der Waals surface area contributed by atoms with Gasteiger partial charge in [-0.05, 0) is 24.5 Å². The van der Waals surface area contributed by atoms with Crippen molar-refractivity contribution in [3.63, 3.8) is 0 Å². The van der Waals surface area contributed by atoms with E-state index < -0.39 is 0 Å². The van der Waals surface area contributed by atoms with Gasteiger partial charge in [0, 0.05) is 0 Å². The minimum atomic E-state index is -0.321. The molecule has 0 spiro atoms. The highest BCUT2D eigenvalue weighted by Gasteiger charge is 2.14. The number of aromatic nitrogens is 2. The second-order valence-electron chi connectivity index (χ2n) is 5.75. The topological polar surface area (TPSA) is 84.2 Å². The first kappa shape index (κ1) is 16.2. The molecular weight excluding hydrogens is 282 g/mol. The van der Waals surface area contributed by atoms with Crippen LogP contribution in [0.3, 0.4) is 0 Å². The lowest BCUT2D eigenvalue weighted by atomic mass is 10.0. The summed E-state index contributed by atoms with van der Waals surface area (Å²) in [4.78, 5) is 28.2. The number of carbonyl (C=O) groups excluding carboxylic acids is 1. The molecule has 1 atom stereocenters. The van der Waals surface area contributed by atoms with E-state index in [1.165, 1.54) is 10.8 Å². The minimum Gasteiger partial charge on any atom is -0.394 e. The SMILES string of the molecule is CC(C)CC(CO)NC(=O)Cn1c(=O)cnc2ccccc21. The Hall–Kier alpha value is -2.21. The van der Waals surface area contributed by atoms with Crippen molar-refractivity contribution < 1.29 is 9.90 Å². The Bertz CT molecular complexity index is 709. The van der Waals surface area contributed by atoms with Crippen LogP contribution < -0.4 is 10.9 Å². The summed E-state index contributed by atoms with van der Waals surface area (Å²) in [7, 11) is 0. The van der Waals surface area contributed by atoms with Crippen LogP contribution in [0.5, 0.6) is 0 Å². The third-order valence-corrected chi connectivity index (χ3v) is 3.40. The van der Waals surface area contributed by atoms with Gasteiger partial charge in [0.1, 0.15) is 6.54 Å². The third kappa shape index (κ3) is 3.92. The molecule has 0 saturated heterocycles. The van der Waals surface area contributed by atoms with Crippen LogP contribution in [-0.2, 0) is 11.3 Å². The van der Waals surface area contributed by atoms with Gasteiger partial charge in [-0.2, -0.15) is 0 Å². The zero-order valence-corrected chi connectivity index (χ0v) is 12.8. The molecule has 2 rings (SSSR count). The van der Waals surface area contributed by atoms with Gasteiger partial charge in [0.15, 0.2) is 0 Å². The van der Waals surface area contributed by atoms with Crippen LogP contribution in [0.4, 0.5) is 0 Å². The molecule has 6 heteroatoms. The van der Waals surface area contributed by atoms with Crippen LogP contribution in [0, 0.1) is 5.92 Å². The summed E-state index contributed by atoms with van der Waals surface area (Å²) in [5.74, 6) is 0.0695. The van der Waals surface area contributed by atoms with Crippen LogP contribution >= 0.6 is 0 Å². The van der Waals surface area contributed by atoms with Crippen LogP contribution in [0.25, 0.3) is 11.0 Å². The number of nitrogens with zero attached hydrogens (tertiary/aromatic N) is 2. The Morgan fingerprint density at radius 1 is 1.36 bits per heavy atom. The zero-order chi connectivity index (χ0) is 16.1. The molecule has 1 heterocycles. The summed E-state index contributed by atoms with van der Waals surface area (Å²) in [6, 6.07) is 6.88. The number of aliphatic hydroxyl groups is 1. The number of rotatable bonds is 6. The van der Waals surface area contributed by atoms with Gasteiger partial charge in [-0.1, -0.05) is 26.0 Å². The first-order chi connectivity index (χ1) is 10.5. The highest BCUT2D eigenvalue weighted by molar-refractivity contribution is 5.80. The van der Waals surface area contributed by atoms with E-state index in [4.69, 9.17) is 0 Å². The summed E-state index contributed by atoms with van der Waals surface area (Å²) >= 11 is 0. The van der Waals surface area contributed by atoms with E-state index in [2.05, 4.69) is 10.3 Å². The van der Waals surface area contributed by atoms with Crippen molar-refractivity contribution in [1.82, 2.24) is 14.9 Å². The Morgan fingerprint density at radius 2 is 2.09 bits per heavy atom. The second-order valence-corrected chi connectivity index (χ2v) is 5.75. The molecule has 1 aromatic carbocycles. The van der Waals surface area contributed by atoms with Crippen molar-refractivity contribution in [1.29, 1.82) is 0 Å². The molecule has 0 aliphatic carbocycles. The van der Waals surface area contributed by atoms with Crippen molar-refractivity contribution in [2.24, 2.45) is 5.92 Å². The van der Waals surface area contributed by atoms with Gasteiger partial charge in [0.05, 0.1) is 29.9 Å². The normalized spacial score (nSPS) is 12.5. The monoisotopic (exact) mass is 303 g/mol. The Kier molecular flexibility index (Phi) is 5.27. The van der Waals surface area contributed by atoms with Crippen LogP contribution in [-0.4, -0.2) is 33.2 Å². The smallest absolute Gasteiger partial charge is 0.269 e. The fourth-order valence-corrected chi connectivity index (χ4v) is 2.44. The Balaban J connectivity index is 2.18. The summed E-state index contributed by atoms with van der Waals surface area (Å²) in [5.41, 5.74) is 0.962. The molecule has 0 radical (unpaired) electrons. The lowest BCUT2D eigenvalue weighted by molar-refractivity contribution is -0.122. The molecule has 0 aliphatic heterocycles. The van der Waals surface area contributed by atoms with Crippen molar-refractivity contribution in [3.05, 3.63) is 40.8 Å². The molecule has 0 fully saturated rings. The standard InChI is InChI=1S/C16H21N3O3/c1-11(2)7-12(10-20)18-15(21)9-19-14-6-4-3-5-13(14)17-8-16(19)22/h3-6,8,11-12,20H,7,9-10H2,1-2H3,(H,18,21). The molecule has 118 valence electrons. The van der Waals surface area contributed by atoms with E-state index in [0.29, 0.717) is 23.4 Å². The number of benzene rings is 1. The van der Waals surface area contributed by atoms with Crippen molar-refractivity contribution in [3.8, 4) is 0 Å². The highest BCUT2D eigenvalue weighted by atomic mass is 16.3. The number of carbonyl (C=O) groups is 1. The molecule has 0 saturated carbocycles. The van der Waals surface area contributed by atoms with Gasteiger partial charge < -0.3 is 10.4 Å². The molecule has 0 bridgehead atoms. The van der Waals surface area contributed by atoms with Crippen LogP contribution in [0.2, 0.25) is 0 Å². The van der Waals surface area contributed by atoms with E-state index in [1.807, 2.05) is 19.9 Å². The summed E-state index contributed by atoms with van der Waals surface area (Å²) in [6.45, 7) is 3.84. The first-order valence-electron chi connectivity index (χ1n) is 7.36. The van der Waals surface area contributed by atoms with Crippen LogP contribution in [0.15, 0.2) is 35.3 Å². The van der Waals surface area contributed by atoms with E-state index in [1.54, 1.807) is 18.2 Å². The number of aliphatic hydroxyl groups excluding tert-OH is 1. The average molecular weight is 303 g/mol. The van der Waals surface area contributed by atoms with E-state index in [9.17, 15) is 14.7 Å². The van der Waals surface area contributed by atoms with Gasteiger partial charge in [0.2, 0.25) is 5.91 Å².